The molecule has 1 atom stereocenters. The van der Waals surface area contributed by atoms with E-state index in [2.05, 4.69) is 75.2 Å². The predicted octanol–water partition coefficient (Wildman–Crippen LogP) is 14.8. The van der Waals surface area contributed by atoms with Crippen LogP contribution < -0.4 is 16.0 Å². The lowest BCUT2D eigenvalue weighted by Gasteiger charge is -2.23. The molecule has 0 heterocycles. The highest BCUT2D eigenvalue weighted by Gasteiger charge is 2.21. The van der Waals surface area contributed by atoms with Crippen LogP contribution in [-0.2, 0) is 14.4 Å². The van der Waals surface area contributed by atoms with Gasteiger partial charge in [0, 0.05) is 25.9 Å². The third kappa shape index (κ3) is 47.3. The summed E-state index contributed by atoms with van der Waals surface area (Å²) in [5.74, 6) is -0.264. The van der Waals surface area contributed by atoms with Crippen molar-refractivity contribution in [3.05, 3.63) is 24.3 Å². The van der Waals surface area contributed by atoms with Crippen molar-refractivity contribution in [2.24, 2.45) is 0 Å². The second kappa shape index (κ2) is 46.8. The first-order chi connectivity index (χ1) is 30.2. The van der Waals surface area contributed by atoms with Crippen molar-refractivity contribution in [2.45, 2.75) is 270 Å². The Balaban J connectivity index is 4.36. The lowest BCUT2D eigenvalue weighted by atomic mass is 10.1. The lowest BCUT2D eigenvalue weighted by Crippen LogP contribution is -2.47. The van der Waals surface area contributed by atoms with Gasteiger partial charge in [0.25, 0.3) is 0 Å². The van der Waals surface area contributed by atoms with Gasteiger partial charge >= 0.3 is 0 Å². The molecule has 7 nitrogen and oxygen atoms in total. The summed E-state index contributed by atoms with van der Waals surface area (Å²) >= 11 is 0. The standard InChI is InChI=1S/C55H106N4O3/c1-6-8-10-12-14-16-18-20-22-24-26-28-31-35-39-43-49-56-53(60)48-47-52(58-54(61)46-42-38-34-30-33-37-41-45-51-59(3,4)5)55(62)57-50-44-40-36-32-29-27-25-23-21-19-17-15-13-11-9-7-2/h20-23,52H,6-19,24-51H2,1-5H3,(H2-,56,57,58,60,61,62)/p+1/b22-20+,23-21+. The van der Waals surface area contributed by atoms with Gasteiger partial charge in [-0.15, -0.1) is 0 Å². The van der Waals surface area contributed by atoms with Crippen LogP contribution in [-0.4, -0.2) is 69.0 Å². The number of nitrogens with one attached hydrogen (secondary N) is 3. The Bertz CT molecular complexity index is 1050. The van der Waals surface area contributed by atoms with E-state index in [1.165, 1.54) is 193 Å². The van der Waals surface area contributed by atoms with Crippen LogP contribution in [0.25, 0.3) is 0 Å². The summed E-state index contributed by atoms with van der Waals surface area (Å²) in [6.45, 7) is 7.07. The van der Waals surface area contributed by atoms with E-state index in [-0.39, 0.29) is 24.1 Å². The van der Waals surface area contributed by atoms with E-state index in [1.807, 2.05) is 0 Å². The average Bonchev–Trinajstić information content (AvgIpc) is 3.24. The van der Waals surface area contributed by atoms with Crippen LogP contribution in [0.2, 0.25) is 0 Å². The fourth-order valence-corrected chi connectivity index (χ4v) is 8.14. The molecule has 0 rings (SSSR count). The first-order valence-corrected chi connectivity index (χ1v) is 27.1. The molecule has 364 valence electrons. The summed E-state index contributed by atoms with van der Waals surface area (Å²) < 4.78 is 1.04. The molecule has 0 aromatic heterocycles. The molecule has 0 radical (unpaired) electrons. The van der Waals surface area contributed by atoms with Crippen molar-refractivity contribution >= 4 is 17.7 Å². The fraction of sp³-hybridized carbons (Fsp3) is 0.873. The van der Waals surface area contributed by atoms with Gasteiger partial charge in [0.2, 0.25) is 17.7 Å². The van der Waals surface area contributed by atoms with E-state index in [9.17, 15) is 14.4 Å². The summed E-state index contributed by atoms with van der Waals surface area (Å²) in [6.07, 6.45) is 55.2. The molecular formula is C55H107N4O3+. The molecule has 0 saturated carbocycles. The van der Waals surface area contributed by atoms with Gasteiger partial charge in [-0.25, -0.2) is 0 Å². The van der Waals surface area contributed by atoms with Crippen LogP contribution in [0.3, 0.4) is 0 Å². The number of nitrogens with zero attached hydrogens (tertiary/aromatic N) is 1. The predicted molar refractivity (Wildman–Crippen MR) is 271 cm³/mol. The molecule has 0 bridgehead atoms. The number of hydrogen-bond acceptors (Lipinski definition) is 3. The summed E-state index contributed by atoms with van der Waals surface area (Å²) in [6, 6.07) is -0.667. The van der Waals surface area contributed by atoms with Crippen LogP contribution in [0.5, 0.6) is 0 Å². The Labute approximate surface area is 386 Å². The van der Waals surface area contributed by atoms with E-state index < -0.39 is 6.04 Å². The largest absolute Gasteiger partial charge is 0.356 e. The number of hydrogen-bond donors (Lipinski definition) is 3. The maximum Gasteiger partial charge on any atom is 0.242 e. The summed E-state index contributed by atoms with van der Waals surface area (Å²) in [5, 5.41) is 9.14. The normalized spacial score (nSPS) is 12.4. The van der Waals surface area contributed by atoms with Gasteiger partial charge in [0.05, 0.1) is 27.7 Å². The number of carbonyl (C=O) groups excluding carboxylic acids is 3. The number of quaternary nitrogens is 1. The maximum absolute atomic E-state index is 13.3. The minimum Gasteiger partial charge on any atom is -0.356 e. The Morgan fingerprint density at radius 3 is 1.18 bits per heavy atom. The van der Waals surface area contributed by atoms with Crippen LogP contribution in [0.4, 0.5) is 0 Å². The zero-order chi connectivity index (χ0) is 45.5. The van der Waals surface area contributed by atoms with Gasteiger partial charge in [-0.05, 0) is 89.9 Å². The Kier molecular flexibility index (Phi) is 45.2. The molecule has 0 spiro atoms. The van der Waals surface area contributed by atoms with Crippen LogP contribution in [0.1, 0.15) is 264 Å². The third-order valence-corrected chi connectivity index (χ3v) is 12.3. The van der Waals surface area contributed by atoms with Crippen molar-refractivity contribution in [1.82, 2.24) is 16.0 Å². The van der Waals surface area contributed by atoms with Gasteiger partial charge < -0.3 is 20.4 Å². The zero-order valence-electron chi connectivity index (χ0n) is 42.3. The molecule has 3 N–H and O–H groups in total. The number of amides is 3. The monoisotopic (exact) mass is 872 g/mol. The van der Waals surface area contributed by atoms with Gasteiger partial charge in [0.15, 0.2) is 0 Å². The number of rotatable bonds is 48. The Morgan fingerprint density at radius 2 is 0.758 bits per heavy atom. The van der Waals surface area contributed by atoms with Crippen molar-refractivity contribution in [3.63, 3.8) is 0 Å². The minimum atomic E-state index is -0.667. The minimum absolute atomic E-state index is 0.0319. The first-order valence-electron chi connectivity index (χ1n) is 27.1. The molecule has 7 heteroatoms. The van der Waals surface area contributed by atoms with Gasteiger partial charge in [-0.1, -0.05) is 186 Å². The molecule has 62 heavy (non-hydrogen) atoms. The smallest absolute Gasteiger partial charge is 0.242 e. The van der Waals surface area contributed by atoms with Gasteiger partial charge in [0.1, 0.15) is 6.04 Å². The van der Waals surface area contributed by atoms with E-state index in [4.69, 9.17) is 0 Å². The molecule has 0 aromatic rings. The van der Waals surface area contributed by atoms with E-state index in [0.29, 0.717) is 25.9 Å². The zero-order valence-corrected chi connectivity index (χ0v) is 42.3. The average molecular weight is 872 g/mol. The van der Waals surface area contributed by atoms with E-state index in [1.54, 1.807) is 0 Å². The maximum atomic E-state index is 13.3. The first kappa shape index (κ1) is 59.9. The second-order valence-corrected chi connectivity index (χ2v) is 19.8. The summed E-state index contributed by atoms with van der Waals surface area (Å²) in [4.78, 5) is 39.0. The van der Waals surface area contributed by atoms with E-state index in [0.717, 1.165) is 49.4 Å². The van der Waals surface area contributed by atoms with Gasteiger partial charge in [-0.3, -0.25) is 14.4 Å². The van der Waals surface area contributed by atoms with Crippen molar-refractivity contribution < 1.29 is 18.9 Å². The number of allylic oxidation sites excluding steroid dienone is 4. The Morgan fingerprint density at radius 1 is 0.403 bits per heavy atom. The molecule has 3 amide bonds. The van der Waals surface area contributed by atoms with Crippen LogP contribution in [0.15, 0.2) is 24.3 Å². The molecule has 0 aliphatic rings. The van der Waals surface area contributed by atoms with Crippen molar-refractivity contribution in [3.8, 4) is 0 Å². The highest BCUT2D eigenvalue weighted by molar-refractivity contribution is 5.88. The third-order valence-electron chi connectivity index (χ3n) is 12.3. The quantitative estimate of drug-likeness (QED) is 0.0323. The van der Waals surface area contributed by atoms with Gasteiger partial charge in [-0.2, -0.15) is 0 Å². The lowest BCUT2D eigenvalue weighted by molar-refractivity contribution is -0.870. The van der Waals surface area contributed by atoms with Crippen LogP contribution >= 0.6 is 0 Å². The molecule has 0 aromatic carbocycles. The highest BCUT2D eigenvalue weighted by Crippen LogP contribution is 2.14. The topological polar surface area (TPSA) is 87.3 Å². The summed E-state index contributed by atoms with van der Waals surface area (Å²) in [5.41, 5.74) is 0. The molecule has 0 aliphatic heterocycles. The van der Waals surface area contributed by atoms with Crippen LogP contribution in [0, 0.1) is 0 Å². The molecule has 0 fully saturated rings. The molecule has 1 unspecified atom stereocenters. The second-order valence-electron chi connectivity index (χ2n) is 19.8. The number of carbonyl (C=O) groups is 3. The molecule has 0 saturated heterocycles. The van der Waals surface area contributed by atoms with Crippen molar-refractivity contribution in [1.29, 1.82) is 0 Å². The van der Waals surface area contributed by atoms with Crippen molar-refractivity contribution in [2.75, 3.05) is 40.8 Å². The Hall–Kier alpha value is -2.15. The summed E-state index contributed by atoms with van der Waals surface area (Å²) in [7, 11) is 6.76. The number of unbranched alkanes of at least 4 members (excludes halogenated alkanes) is 31. The SMILES string of the molecule is CCCCCCCC/C=C/CCCCCCCCNC(=O)CCC(NC(=O)CCCCCCCCCC[N+](C)(C)C)C(=O)NCCCCCCCC/C=C/CCCCCCCC. The van der Waals surface area contributed by atoms with E-state index >= 15 is 0 Å². The highest BCUT2D eigenvalue weighted by atomic mass is 16.2. The molecular weight excluding hydrogens is 765 g/mol. The molecule has 0 aliphatic carbocycles. The fourth-order valence-electron chi connectivity index (χ4n) is 8.14.